The van der Waals surface area contributed by atoms with Crippen LogP contribution >= 0.6 is 0 Å². The van der Waals surface area contributed by atoms with E-state index in [1.165, 1.54) is 5.92 Å². The van der Waals surface area contributed by atoms with E-state index in [0.717, 1.165) is 0 Å². The molecule has 0 bridgehead atoms. The van der Waals surface area contributed by atoms with E-state index in [0.29, 0.717) is 5.92 Å². The topological polar surface area (TPSA) is 0 Å². The van der Waals surface area contributed by atoms with Crippen molar-refractivity contribution in [1.82, 2.24) is 0 Å². The van der Waals surface area contributed by atoms with Gasteiger partial charge in [-0.25, -0.2) is 0 Å². The molecule has 0 aliphatic rings. The van der Waals surface area contributed by atoms with Crippen LogP contribution in [0.15, 0.2) is 0 Å². The van der Waals surface area contributed by atoms with Crippen LogP contribution in [0.1, 0.15) is 27.7 Å². The second-order valence-electron chi connectivity index (χ2n) is 2.19. The SMILES string of the molecule is CC#CC(C)[C](C)C. The molecule has 0 heteroatoms. The van der Waals surface area contributed by atoms with Gasteiger partial charge < -0.3 is 0 Å². The molecule has 0 N–H and O–H groups in total. The van der Waals surface area contributed by atoms with Gasteiger partial charge in [-0.2, -0.15) is 0 Å². The maximum absolute atomic E-state index is 3.06. The average molecular weight is 109 g/mol. The highest BCUT2D eigenvalue weighted by molar-refractivity contribution is 5.08. The summed E-state index contributed by atoms with van der Waals surface area (Å²) in [5.74, 6) is 7.80. The first kappa shape index (κ1) is 7.56. The Bertz CT molecular complexity index is 101. The largest absolute Gasteiger partial charge is 0.106 e. The van der Waals surface area contributed by atoms with Gasteiger partial charge in [0.05, 0.1) is 0 Å². The van der Waals surface area contributed by atoms with Crippen molar-refractivity contribution < 1.29 is 0 Å². The van der Waals surface area contributed by atoms with Crippen molar-refractivity contribution in [3.63, 3.8) is 0 Å². The molecule has 0 aromatic heterocycles. The molecule has 0 spiro atoms. The van der Waals surface area contributed by atoms with Crippen LogP contribution in [0.2, 0.25) is 0 Å². The highest BCUT2D eigenvalue weighted by Gasteiger charge is 2.00. The molecule has 0 nitrogen and oxygen atoms in total. The van der Waals surface area contributed by atoms with Gasteiger partial charge in [-0.3, -0.25) is 0 Å². The van der Waals surface area contributed by atoms with E-state index in [2.05, 4.69) is 32.6 Å². The second-order valence-corrected chi connectivity index (χ2v) is 2.19. The van der Waals surface area contributed by atoms with Crippen LogP contribution in [0.3, 0.4) is 0 Å². The minimum absolute atomic E-state index is 0.472. The van der Waals surface area contributed by atoms with E-state index < -0.39 is 0 Å². The molecule has 0 aliphatic carbocycles. The summed E-state index contributed by atoms with van der Waals surface area (Å²) in [4.78, 5) is 0. The first-order valence-corrected chi connectivity index (χ1v) is 2.90. The van der Waals surface area contributed by atoms with Gasteiger partial charge in [-0.1, -0.05) is 26.7 Å². The Hall–Kier alpha value is -0.440. The number of hydrogen-bond donors (Lipinski definition) is 0. The Kier molecular flexibility index (Phi) is 3.35. The summed E-state index contributed by atoms with van der Waals surface area (Å²) >= 11 is 0. The van der Waals surface area contributed by atoms with Crippen molar-refractivity contribution in [3.8, 4) is 11.8 Å². The summed E-state index contributed by atoms with van der Waals surface area (Å²) in [6, 6.07) is 0. The molecule has 45 valence electrons. The summed E-state index contributed by atoms with van der Waals surface area (Å²) in [5, 5.41) is 0. The molecule has 0 fully saturated rings. The summed E-state index contributed by atoms with van der Waals surface area (Å²) in [5.41, 5.74) is 0. The van der Waals surface area contributed by atoms with Crippen molar-refractivity contribution in [3.05, 3.63) is 5.92 Å². The zero-order chi connectivity index (χ0) is 6.57. The lowest BCUT2D eigenvalue weighted by Crippen LogP contribution is -1.96. The molecule has 0 aliphatic heterocycles. The fourth-order valence-electron chi connectivity index (χ4n) is 0.361. The smallest absolute Gasteiger partial charge is 0.0231 e. The van der Waals surface area contributed by atoms with E-state index in [4.69, 9.17) is 0 Å². The van der Waals surface area contributed by atoms with E-state index in [-0.39, 0.29) is 0 Å². The fraction of sp³-hybridized carbons (Fsp3) is 0.625. The predicted molar refractivity (Wildman–Crippen MR) is 37.2 cm³/mol. The van der Waals surface area contributed by atoms with Gasteiger partial charge in [0, 0.05) is 5.92 Å². The van der Waals surface area contributed by atoms with Gasteiger partial charge in [-0.15, -0.1) is 5.92 Å². The molecule has 0 amide bonds. The zero-order valence-electron chi connectivity index (χ0n) is 6.08. The highest BCUT2D eigenvalue weighted by atomic mass is 14.0. The van der Waals surface area contributed by atoms with Gasteiger partial charge in [0.15, 0.2) is 0 Å². The van der Waals surface area contributed by atoms with Gasteiger partial charge in [0.2, 0.25) is 0 Å². The minimum atomic E-state index is 0.472. The molecule has 0 rings (SSSR count). The van der Waals surface area contributed by atoms with Crippen LogP contribution in [-0.4, -0.2) is 0 Å². The molecule has 8 heavy (non-hydrogen) atoms. The van der Waals surface area contributed by atoms with Crippen LogP contribution in [0.4, 0.5) is 0 Å². The highest BCUT2D eigenvalue weighted by Crippen LogP contribution is 2.09. The molecule has 0 aromatic rings. The molecule has 1 radical (unpaired) electrons. The Morgan fingerprint density at radius 1 is 1.38 bits per heavy atom. The van der Waals surface area contributed by atoms with E-state index in [9.17, 15) is 0 Å². The lowest BCUT2D eigenvalue weighted by Gasteiger charge is -2.04. The molecular formula is C8H13. The van der Waals surface area contributed by atoms with Crippen LogP contribution < -0.4 is 0 Å². The molecule has 0 saturated carbocycles. The maximum Gasteiger partial charge on any atom is 0.0231 e. The van der Waals surface area contributed by atoms with Crippen molar-refractivity contribution >= 4 is 0 Å². The molecular weight excluding hydrogens is 96.1 g/mol. The lowest BCUT2D eigenvalue weighted by molar-refractivity contribution is 0.768. The number of rotatable bonds is 1. The van der Waals surface area contributed by atoms with E-state index in [1.807, 2.05) is 6.92 Å². The number of hydrogen-bond acceptors (Lipinski definition) is 0. The van der Waals surface area contributed by atoms with Gasteiger partial charge in [0.1, 0.15) is 0 Å². The first-order chi connectivity index (χ1) is 3.68. The normalized spacial score (nSPS) is 12.6. The Balaban J connectivity index is 3.58. The predicted octanol–water partition coefficient (Wildman–Crippen LogP) is 2.26. The third-order valence-corrected chi connectivity index (χ3v) is 1.23. The van der Waals surface area contributed by atoms with E-state index >= 15 is 0 Å². The summed E-state index contributed by atoms with van der Waals surface area (Å²) in [6.07, 6.45) is 0. The average Bonchev–Trinajstić information content (AvgIpc) is 1.67. The Morgan fingerprint density at radius 2 is 1.88 bits per heavy atom. The Morgan fingerprint density at radius 3 is 2.00 bits per heavy atom. The molecule has 0 aromatic carbocycles. The summed E-state index contributed by atoms with van der Waals surface area (Å²) in [7, 11) is 0. The summed E-state index contributed by atoms with van der Waals surface area (Å²) in [6.45, 7) is 8.20. The third-order valence-electron chi connectivity index (χ3n) is 1.23. The van der Waals surface area contributed by atoms with Crippen LogP contribution in [-0.2, 0) is 0 Å². The Labute approximate surface area is 52.3 Å². The van der Waals surface area contributed by atoms with Crippen molar-refractivity contribution in [2.75, 3.05) is 0 Å². The van der Waals surface area contributed by atoms with Gasteiger partial charge >= 0.3 is 0 Å². The molecule has 0 saturated heterocycles. The minimum Gasteiger partial charge on any atom is -0.106 e. The van der Waals surface area contributed by atoms with Crippen molar-refractivity contribution in [1.29, 1.82) is 0 Å². The van der Waals surface area contributed by atoms with Crippen LogP contribution in [0.5, 0.6) is 0 Å². The van der Waals surface area contributed by atoms with Crippen molar-refractivity contribution in [2.45, 2.75) is 27.7 Å². The summed E-state index contributed by atoms with van der Waals surface area (Å²) < 4.78 is 0. The lowest BCUT2D eigenvalue weighted by atomic mass is 9.99. The fourth-order valence-corrected chi connectivity index (χ4v) is 0.361. The quantitative estimate of drug-likeness (QED) is 0.453. The van der Waals surface area contributed by atoms with Gasteiger partial charge in [0.25, 0.3) is 0 Å². The monoisotopic (exact) mass is 109 g/mol. The van der Waals surface area contributed by atoms with Crippen molar-refractivity contribution in [2.24, 2.45) is 5.92 Å². The van der Waals surface area contributed by atoms with Crippen LogP contribution in [0, 0.1) is 23.7 Å². The first-order valence-electron chi connectivity index (χ1n) is 2.90. The van der Waals surface area contributed by atoms with Crippen LogP contribution in [0.25, 0.3) is 0 Å². The third kappa shape index (κ3) is 2.69. The van der Waals surface area contributed by atoms with Gasteiger partial charge in [-0.05, 0) is 12.8 Å². The zero-order valence-corrected chi connectivity index (χ0v) is 6.08. The van der Waals surface area contributed by atoms with E-state index in [1.54, 1.807) is 0 Å². The molecule has 0 heterocycles. The second kappa shape index (κ2) is 3.55. The standard InChI is InChI=1S/C8H13/c1-5-6-8(4)7(2)3/h8H,1-4H3. The molecule has 1 atom stereocenters. The maximum atomic E-state index is 3.06. The molecule has 1 unspecified atom stereocenters.